The van der Waals surface area contributed by atoms with Gasteiger partial charge in [0, 0.05) is 0 Å². The van der Waals surface area contributed by atoms with Crippen molar-refractivity contribution in [2.75, 3.05) is 6.54 Å². The molecule has 0 fully saturated rings. The molecule has 1 aliphatic heterocycles. The summed E-state index contributed by atoms with van der Waals surface area (Å²) in [6.07, 6.45) is 1.17. The molecule has 0 spiro atoms. The molecule has 98 valence electrons. The van der Waals surface area contributed by atoms with Crippen LogP contribution in [0.3, 0.4) is 0 Å². The van der Waals surface area contributed by atoms with Crippen LogP contribution in [-0.4, -0.2) is 35.7 Å². The van der Waals surface area contributed by atoms with E-state index in [0.29, 0.717) is 0 Å². The predicted octanol–water partition coefficient (Wildman–Crippen LogP) is 3.30. The molecule has 0 aliphatic carbocycles. The fraction of sp³-hybridized carbons (Fsp3) is 0.533. The number of rotatable bonds is 1. The molecular weight excluding hydrogens is 329 g/mol. The SMILES string of the molecule is CC(=O)N1Cc2ccccc2C[CH]([Sn]([CH3])([CH3])[CH3])C1. The number of carbonyl (C=O) groups excluding carboxylic acids is 1. The van der Waals surface area contributed by atoms with Crippen molar-refractivity contribution in [1.29, 1.82) is 0 Å². The number of hydrogen-bond acceptors (Lipinski definition) is 1. The average molecular weight is 352 g/mol. The van der Waals surface area contributed by atoms with Crippen molar-refractivity contribution in [2.45, 2.75) is 38.6 Å². The summed E-state index contributed by atoms with van der Waals surface area (Å²) < 4.78 is 0.729. The van der Waals surface area contributed by atoms with Crippen LogP contribution in [0.2, 0.25) is 18.8 Å². The van der Waals surface area contributed by atoms with E-state index in [-0.39, 0.29) is 5.91 Å². The molecular formula is C15H23NOSn. The van der Waals surface area contributed by atoms with E-state index in [1.165, 1.54) is 17.5 Å². The minimum absolute atomic E-state index is 0.215. The molecule has 0 saturated heterocycles. The van der Waals surface area contributed by atoms with Gasteiger partial charge in [-0.3, -0.25) is 0 Å². The number of carbonyl (C=O) groups is 1. The van der Waals surface area contributed by atoms with Gasteiger partial charge in [-0.25, -0.2) is 0 Å². The molecule has 0 N–H and O–H groups in total. The Balaban J connectivity index is 2.36. The van der Waals surface area contributed by atoms with E-state index in [1.54, 1.807) is 6.92 Å². The van der Waals surface area contributed by atoms with Crippen LogP contribution in [0.25, 0.3) is 0 Å². The zero-order chi connectivity index (χ0) is 13.3. The Labute approximate surface area is 114 Å². The number of hydrogen-bond donors (Lipinski definition) is 0. The monoisotopic (exact) mass is 353 g/mol. The third-order valence-electron chi connectivity index (χ3n) is 4.06. The van der Waals surface area contributed by atoms with Gasteiger partial charge in [-0.05, 0) is 0 Å². The first-order valence-electron chi connectivity index (χ1n) is 6.70. The van der Waals surface area contributed by atoms with Gasteiger partial charge in [-0.2, -0.15) is 0 Å². The molecule has 2 nitrogen and oxygen atoms in total. The van der Waals surface area contributed by atoms with Gasteiger partial charge in [-0.15, -0.1) is 0 Å². The van der Waals surface area contributed by atoms with E-state index in [0.717, 1.165) is 17.0 Å². The van der Waals surface area contributed by atoms with Crippen LogP contribution in [0.5, 0.6) is 0 Å². The van der Waals surface area contributed by atoms with Crippen LogP contribution in [0.15, 0.2) is 24.3 Å². The van der Waals surface area contributed by atoms with Gasteiger partial charge in [0.05, 0.1) is 0 Å². The fourth-order valence-corrected chi connectivity index (χ4v) is 7.16. The summed E-state index contributed by atoms with van der Waals surface area (Å²) in [6.45, 7) is 3.46. The summed E-state index contributed by atoms with van der Waals surface area (Å²) in [5.74, 6) is 0.215. The molecule has 1 unspecified atom stereocenters. The topological polar surface area (TPSA) is 20.3 Å². The van der Waals surface area contributed by atoms with Crippen molar-refractivity contribution < 1.29 is 4.79 Å². The molecule has 18 heavy (non-hydrogen) atoms. The molecule has 1 aromatic rings. The van der Waals surface area contributed by atoms with Crippen molar-refractivity contribution in [3.8, 4) is 0 Å². The molecule has 0 bridgehead atoms. The second-order valence-electron chi connectivity index (χ2n) is 6.44. The van der Waals surface area contributed by atoms with Crippen molar-refractivity contribution >= 4 is 24.3 Å². The van der Waals surface area contributed by atoms with Gasteiger partial charge in [0.2, 0.25) is 0 Å². The molecule has 1 aromatic carbocycles. The maximum atomic E-state index is 11.8. The van der Waals surface area contributed by atoms with Gasteiger partial charge in [-0.1, -0.05) is 0 Å². The first-order chi connectivity index (χ1) is 8.38. The van der Waals surface area contributed by atoms with E-state index >= 15 is 0 Å². The van der Waals surface area contributed by atoms with Gasteiger partial charge in [0.1, 0.15) is 0 Å². The van der Waals surface area contributed by atoms with Crippen LogP contribution in [-0.2, 0) is 17.8 Å². The minimum atomic E-state index is -1.99. The van der Waals surface area contributed by atoms with Crippen LogP contribution in [0.4, 0.5) is 0 Å². The summed E-state index contributed by atoms with van der Waals surface area (Å²) in [6, 6.07) is 8.62. The Morgan fingerprint density at radius 2 is 1.83 bits per heavy atom. The number of nitrogens with zero attached hydrogens (tertiary/aromatic N) is 1. The molecule has 1 atom stereocenters. The van der Waals surface area contributed by atoms with Crippen molar-refractivity contribution in [1.82, 2.24) is 4.90 Å². The molecule has 2 rings (SSSR count). The van der Waals surface area contributed by atoms with Gasteiger partial charge in [0.15, 0.2) is 0 Å². The maximum absolute atomic E-state index is 11.8. The molecule has 3 heteroatoms. The van der Waals surface area contributed by atoms with Crippen molar-refractivity contribution in [2.24, 2.45) is 0 Å². The van der Waals surface area contributed by atoms with E-state index in [9.17, 15) is 4.79 Å². The first-order valence-corrected chi connectivity index (χ1v) is 16.9. The third-order valence-corrected chi connectivity index (χ3v) is 12.2. The van der Waals surface area contributed by atoms with Crippen LogP contribution in [0, 0.1) is 0 Å². The molecule has 0 radical (unpaired) electrons. The summed E-state index contributed by atoms with van der Waals surface area (Å²) >= 11 is -1.99. The second-order valence-corrected chi connectivity index (χ2v) is 22.3. The van der Waals surface area contributed by atoms with Crippen molar-refractivity contribution in [3.63, 3.8) is 0 Å². The zero-order valence-electron chi connectivity index (χ0n) is 11.9. The van der Waals surface area contributed by atoms with Gasteiger partial charge < -0.3 is 0 Å². The van der Waals surface area contributed by atoms with E-state index < -0.39 is 18.4 Å². The van der Waals surface area contributed by atoms with Crippen LogP contribution in [0.1, 0.15) is 18.1 Å². The van der Waals surface area contributed by atoms with E-state index in [2.05, 4.69) is 39.1 Å². The number of benzene rings is 1. The predicted molar refractivity (Wildman–Crippen MR) is 78.3 cm³/mol. The summed E-state index contributed by atoms with van der Waals surface area (Å²) in [7, 11) is 0. The fourth-order valence-electron chi connectivity index (χ4n) is 2.60. The Hall–Kier alpha value is -0.511. The average Bonchev–Trinajstić information content (AvgIpc) is 2.47. The standard InChI is InChI=1S/C12H14NO.3CH3.Sn/c1-10(14)13-8-4-7-11-5-2-3-6-12(11)9-13;;;;/h2-6H,7-9H2,1H3;3*1H3;. The molecule has 1 amide bonds. The van der Waals surface area contributed by atoms with Crippen LogP contribution >= 0.6 is 0 Å². The second kappa shape index (κ2) is 5.23. The van der Waals surface area contributed by atoms with Gasteiger partial charge in [0.25, 0.3) is 0 Å². The van der Waals surface area contributed by atoms with Crippen molar-refractivity contribution in [3.05, 3.63) is 35.4 Å². The molecule has 1 aliphatic rings. The Bertz CT molecular complexity index is 450. The Kier molecular flexibility index (Phi) is 4.05. The summed E-state index contributed by atoms with van der Waals surface area (Å²) in [4.78, 5) is 21.3. The van der Waals surface area contributed by atoms with E-state index in [1.807, 2.05) is 4.90 Å². The zero-order valence-corrected chi connectivity index (χ0v) is 14.7. The van der Waals surface area contributed by atoms with Gasteiger partial charge >= 0.3 is 115 Å². The normalized spacial score (nSPS) is 20.2. The van der Waals surface area contributed by atoms with E-state index in [4.69, 9.17) is 0 Å². The number of fused-ring (bicyclic) bond motifs is 1. The summed E-state index contributed by atoms with van der Waals surface area (Å²) in [5.41, 5.74) is 2.80. The first kappa shape index (κ1) is 13.9. The quantitative estimate of drug-likeness (QED) is 0.711. The molecule has 0 aromatic heterocycles. The number of amides is 1. The third kappa shape index (κ3) is 3.08. The Morgan fingerprint density at radius 1 is 1.22 bits per heavy atom. The summed E-state index contributed by atoms with van der Waals surface area (Å²) in [5, 5.41) is 0. The molecule has 1 heterocycles. The molecule has 0 saturated carbocycles. The Morgan fingerprint density at radius 3 is 2.39 bits per heavy atom. The van der Waals surface area contributed by atoms with Crippen LogP contribution < -0.4 is 0 Å².